The third-order valence-electron chi connectivity index (χ3n) is 3.50. The molecule has 2 aromatic rings. The van der Waals surface area contributed by atoms with E-state index >= 15 is 0 Å². The average molecular weight is 228 g/mol. The van der Waals surface area contributed by atoms with Crippen LogP contribution in [-0.4, -0.2) is 4.98 Å². The number of nitrogens with zero attached hydrogens (tertiary/aromatic N) is 1. The molecule has 2 N–H and O–H groups in total. The molecule has 0 spiro atoms. The highest BCUT2D eigenvalue weighted by molar-refractivity contribution is 5.57. The molecule has 0 unspecified atom stereocenters. The highest BCUT2D eigenvalue weighted by Crippen LogP contribution is 2.36. The highest BCUT2D eigenvalue weighted by atomic mass is 16.3. The molecule has 1 aliphatic rings. The Hall–Kier alpha value is -1.61. The van der Waals surface area contributed by atoms with Crippen molar-refractivity contribution in [3.8, 4) is 11.3 Å². The Balaban J connectivity index is 1.93. The molecule has 3 nitrogen and oxygen atoms in total. The molecule has 0 radical (unpaired) electrons. The minimum absolute atomic E-state index is 0.340. The zero-order valence-electron chi connectivity index (χ0n) is 9.73. The Morgan fingerprint density at radius 3 is 2.53 bits per heavy atom. The molecule has 1 heterocycles. The SMILES string of the molecule is NC1(c2nc(-c3ccccc3)co2)CCCC1. The summed E-state index contributed by atoms with van der Waals surface area (Å²) < 4.78 is 5.57. The van der Waals surface area contributed by atoms with Crippen molar-refractivity contribution in [1.82, 2.24) is 4.98 Å². The predicted octanol–water partition coefficient (Wildman–Crippen LogP) is 3.07. The van der Waals surface area contributed by atoms with E-state index in [1.54, 1.807) is 6.26 Å². The Morgan fingerprint density at radius 1 is 1.12 bits per heavy atom. The first-order valence-corrected chi connectivity index (χ1v) is 6.08. The summed E-state index contributed by atoms with van der Waals surface area (Å²) in [6.07, 6.45) is 5.99. The maximum absolute atomic E-state index is 6.32. The van der Waals surface area contributed by atoms with Gasteiger partial charge in [0.25, 0.3) is 0 Å². The van der Waals surface area contributed by atoms with Crippen molar-refractivity contribution < 1.29 is 4.42 Å². The van der Waals surface area contributed by atoms with Crippen molar-refractivity contribution in [1.29, 1.82) is 0 Å². The van der Waals surface area contributed by atoms with Gasteiger partial charge in [0.2, 0.25) is 5.89 Å². The minimum atomic E-state index is -0.340. The molecule has 0 saturated heterocycles. The average Bonchev–Trinajstić information content (AvgIpc) is 2.99. The number of benzene rings is 1. The van der Waals surface area contributed by atoms with Crippen molar-refractivity contribution in [2.24, 2.45) is 5.73 Å². The first kappa shape index (κ1) is 10.5. The van der Waals surface area contributed by atoms with Crippen molar-refractivity contribution in [2.45, 2.75) is 31.2 Å². The summed E-state index contributed by atoms with van der Waals surface area (Å²) in [6, 6.07) is 10.0. The van der Waals surface area contributed by atoms with Crippen LogP contribution in [0.4, 0.5) is 0 Å². The molecule has 3 heteroatoms. The van der Waals surface area contributed by atoms with Gasteiger partial charge in [0.15, 0.2) is 0 Å². The van der Waals surface area contributed by atoms with Crippen molar-refractivity contribution >= 4 is 0 Å². The van der Waals surface area contributed by atoms with Gasteiger partial charge < -0.3 is 10.2 Å². The van der Waals surface area contributed by atoms with Crippen LogP contribution in [0.1, 0.15) is 31.6 Å². The molecule has 1 saturated carbocycles. The maximum atomic E-state index is 6.32. The van der Waals surface area contributed by atoms with Crippen molar-refractivity contribution in [3.05, 3.63) is 42.5 Å². The summed E-state index contributed by atoms with van der Waals surface area (Å²) >= 11 is 0. The van der Waals surface area contributed by atoms with Crippen LogP contribution in [0.25, 0.3) is 11.3 Å². The van der Waals surface area contributed by atoms with Crippen molar-refractivity contribution in [2.75, 3.05) is 0 Å². The molecule has 1 aliphatic carbocycles. The monoisotopic (exact) mass is 228 g/mol. The van der Waals surface area contributed by atoms with Gasteiger partial charge in [0, 0.05) is 5.56 Å². The zero-order chi connectivity index (χ0) is 11.7. The summed E-state index contributed by atoms with van der Waals surface area (Å²) in [7, 11) is 0. The fraction of sp³-hybridized carbons (Fsp3) is 0.357. The van der Waals surface area contributed by atoms with E-state index in [1.165, 1.54) is 12.8 Å². The lowest BCUT2D eigenvalue weighted by molar-refractivity contribution is 0.335. The molecule has 1 fully saturated rings. The van der Waals surface area contributed by atoms with E-state index in [2.05, 4.69) is 4.98 Å². The van der Waals surface area contributed by atoms with Gasteiger partial charge in [-0.15, -0.1) is 0 Å². The van der Waals surface area contributed by atoms with Gasteiger partial charge >= 0.3 is 0 Å². The number of oxazole rings is 1. The molecule has 1 aromatic carbocycles. The third-order valence-corrected chi connectivity index (χ3v) is 3.50. The molecule has 0 atom stereocenters. The second-order valence-corrected chi connectivity index (χ2v) is 4.77. The van der Waals surface area contributed by atoms with E-state index in [4.69, 9.17) is 10.2 Å². The second-order valence-electron chi connectivity index (χ2n) is 4.77. The Morgan fingerprint density at radius 2 is 1.82 bits per heavy atom. The van der Waals surface area contributed by atoms with Crippen LogP contribution in [0.3, 0.4) is 0 Å². The van der Waals surface area contributed by atoms with Crippen LogP contribution in [0, 0.1) is 0 Å². The molecule has 88 valence electrons. The van der Waals surface area contributed by atoms with Crippen LogP contribution in [0.15, 0.2) is 41.0 Å². The number of aromatic nitrogens is 1. The number of rotatable bonds is 2. The first-order valence-electron chi connectivity index (χ1n) is 6.08. The molecular formula is C14H16N2O. The maximum Gasteiger partial charge on any atom is 0.214 e. The first-order chi connectivity index (χ1) is 8.28. The summed E-state index contributed by atoms with van der Waals surface area (Å²) in [6.45, 7) is 0. The molecule has 3 rings (SSSR count). The Bertz CT molecular complexity index is 498. The normalized spacial score (nSPS) is 18.4. The van der Waals surface area contributed by atoms with Gasteiger partial charge in [-0.3, -0.25) is 0 Å². The quantitative estimate of drug-likeness (QED) is 0.859. The minimum Gasteiger partial charge on any atom is -0.446 e. The topological polar surface area (TPSA) is 52.0 Å². The largest absolute Gasteiger partial charge is 0.446 e. The van der Waals surface area contributed by atoms with Crippen molar-refractivity contribution in [3.63, 3.8) is 0 Å². The van der Waals surface area contributed by atoms with E-state index in [9.17, 15) is 0 Å². The fourth-order valence-corrected chi connectivity index (χ4v) is 2.46. The van der Waals surface area contributed by atoms with E-state index in [1.807, 2.05) is 30.3 Å². The van der Waals surface area contributed by atoms with Crippen LogP contribution < -0.4 is 5.73 Å². The van der Waals surface area contributed by atoms with E-state index in [0.717, 1.165) is 24.1 Å². The number of hydrogen-bond donors (Lipinski definition) is 1. The Labute approximate surface area is 101 Å². The summed E-state index contributed by atoms with van der Waals surface area (Å²) in [5.74, 6) is 0.689. The molecule has 17 heavy (non-hydrogen) atoms. The molecule has 0 aliphatic heterocycles. The predicted molar refractivity (Wildman–Crippen MR) is 66.3 cm³/mol. The van der Waals surface area contributed by atoms with Gasteiger partial charge in [-0.1, -0.05) is 43.2 Å². The van der Waals surface area contributed by atoms with Crippen LogP contribution in [0.2, 0.25) is 0 Å². The van der Waals surface area contributed by atoms with Crippen LogP contribution in [0.5, 0.6) is 0 Å². The van der Waals surface area contributed by atoms with Gasteiger partial charge in [-0.2, -0.15) is 0 Å². The standard InChI is InChI=1S/C14H16N2O/c15-14(8-4-5-9-14)13-16-12(10-17-13)11-6-2-1-3-7-11/h1-3,6-7,10H,4-5,8-9,15H2. The molecule has 0 bridgehead atoms. The van der Waals surface area contributed by atoms with Gasteiger partial charge in [0.1, 0.15) is 12.0 Å². The van der Waals surface area contributed by atoms with E-state index < -0.39 is 0 Å². The Kier molecular flexibility index (Phi) is 2.48. The lowest BCUT2D eigenvalue weighted by Gasteiger charge is -2.18. The third kappa shape index (κ3) is 1.87. The number of hydrogen-bond acceptors (Lipinski definition) is 3. The smallest absolute Gasteiger partial charge is 0.214 e. The lowest BCUT2D eigenvalue weighted by atomic mass is 9.99. The van der Waals surface area contributed by atoms with Crippen LogP contribution in [-0.2, 0) is 5.54 Å². The van der Waals surface area contributed by atoms with Crippen LogP contribution >= 0.6 is 0 Å². The van der Waals surface area contributed by atoms with E-state index in [0.29, 0.717) is 5.89 Å². The second kappa shape index (κ2) is 4.00. The number of nitrogens with two attached hydrogens (primary N) is 1. The summed E-state index contributed by atoms with van der Waals surface area (Å²) in [5.41, 5.74) is 7.92. The molecular weight excluding hydrogens is 212 g/mol. The van der Waals surface area contributed by atoms with Gasteiger partial charge in [0.05, 0.1) is 5.54 Å². The zero-order valence-corrected chi connectivity index (χ0v) is 9.73. The molecule has 0 amide bonds. The van der Waals surface area contributed by atoms with E-state index in [-0.39, 0.29) is 5.54 Å². The van der Waals surface area contributed by atoms with Gasteiger partial charge in [-0.05, 0) is 12.8 Å². The lowest BCUT2D eigenvalue weighted by Crippen LogP contribution is -2.33. The summed E-state index contributed by atoms with van der Waals surface area (Å²) in [4.78, 5) is 4.54. The fourth-order valence-electron chi connectivity index (χ4n) is 2.46. The van der Waals surface area contributed by atoms with Gasteiger partial charge in [-0.25, -0.2) is 4.98 Å². The highest BCUT2D eigenvalue weighted by Gasteiger charge is 2.35. The summed E-state index contributed by atoms with van der Waals surface area (Å²) in [5, 5.41) is 0. The molecule has 1 aromatic heterocycles.